The van der Waals surface area contributed by atoms with Crippen LogP contribution in [0.5, 0.6) is 0 Å². The summed E-state index contributed by atoms with van der Waals surface area (Å²) in [5, 5.41) is 7.71. The molecule has 22 heavy (non-hydrogen) atoms. The maximum Gasteiger partial charge on any atom is 0.221 e. The van der Waals surface area contributed by atoms with E-state index in [9.17, 15) is 4.79 Å². The van der Waals surface area contributed by atoms with Crippen molar-refractivity contribution in [3.05, 3.63) is 33.8 Å². The number of amides is 1. The molecule has 1 aliphatic heterocycles. The molecular weight excluding hydrogens is 343 g/mol. The van der Waals surface area contributed by atoms with Gasteiger partial charge in [-0.2, -0.15) is 0 Å². The first kappa shape index (κ1) is 19.6. The SMILES string of the molecule is CC(C)(Cc1ccc(Cl)cc1Cl)NC(=O)CC1CCCN1.Cl. The van der Waals surface area contributed by atoms with Crippen molar-refractivity contribution in [2.24, 2.45) is 0 Å². The van der Waals surface area contributed by atoms with Gasteiger partial charge in [-0.1, -0.05) is 29.3 Å². The van der Waals surface area contributed by atoms with Crippen LogP contribution in [0, 0.1) is 0 Å². The van der Waals surface area contributed by atoms with E-state index in [0.717, 1.165) is 24.9 Å². The molecule has 0 saturated carbocycles. The molecule has 0 radical (unpaired) electrons. The summed E-state index contributed by atoms with van der Waals surface area (Å²) in [6, 6.07) is 5.79. The van der Waals surface area contributed by atoms with E-state index < -0.39 is 0 Å². The standard InChI is InChI=1S/C16H22Cl2N2O.ClH/c1-16(2,10-11-5-6-12(17)8-14(11)18)20-15(21)9-13-4-3-7-19-13;/h5-6,8,13,19H,3-4,7,9-10H2,1-2H3,(H,20,21);1H. The number of nitrogens with one attached hydrogen (secondary N) is 2. The molecule has 1 amide bonds. The molecule has 3 nitrogen and oxygen atoms in total. The second kappa shape index (κ2) is 8.39. The highest BCUT2D eigenvalue weighted by Crippen LogP contribution is 2.24. The van der Waals surface area contributed by atoms with Crippen LogP contribution in [0.3, 0.4) is 0 Å². The summed E-state index contributed by atoms with van der Waals surface area (Å²) in [7, 11) is 0. The highest BCUT2D eigenvalue weighted by Gasteiger charge is 2.24. The third kappa shape index (κ3) is 5.96. The lowest BCUT2D eigenvalue weighted by molar-refractivity contribution is -0.123. The summed E-state index contributed by atoms with van der Waals surface area (Å²) in [5.74, 6) is 0.0875. The minimum atomic E-state index is -0.340. The maximum absolute atomic E-state index is 12.1. The van der Waals surface area contributed by atoms with Crippen molar-refractivity contribution in [3.63, 3.8) is 0 Å². The molecule has 1 fully saturated rings. The Morgan fingerprint density at radius 3 is 2.73 bits per heavy atom. The molecule has 1 saturated heterocycles. The first-order chi connectivity index (χ1) is 9.85. The molecule has 1 aromatic carbocycles. The zero-order chi connectivity index (χ0) is 15.5. The maximum atomic E-state index is 12.1. The van der Waals surface area contributed by atoms with Crippen LogP contribution in [-0.4, -0.2) is 24.0 Å². The van der Waals surface area contributed by atoms with Crippen molar-refractivity contribution in [2.75, 3.05) is 6.54 Å². The smallest absolute Gasteiger partial charge is 0.221 e. The summed E-state index contributed by atoms with van der Waals surface area (Å²) < 4.78 is 0. The Hall–Kier alpha value is -0.480. The molecule has 1 aromatic rings. The van der Waals surface area contributed by atoms with Crippen molar-refractivity contribution >= 4 is 41.5 Å². The van der Waals surface area contributed by atoms with Gasteiger partial charge in [0.2, 0.25) is 5.91 Å². The summed E-state index contributed by atoms with van der Waals surface area (Å²) in [5.41, 5.74) is 0.651. The van der Waals surface area contributed by atoms with Gasteiger partial charge in [0.15, 0.2) is 0 Å². The molecular formula is C16H23Cl3N2O. The lowest BCUT2D eigenvalue weighted by atomic mass is 9.94. The first-order valence-electron chi connectivity index (χ1n) is 7.34. The topological polar surface area (TPSA) is 41.1 Å². The fraction of sp³-hybridized carbons (Fsp3) is 0.562. The van der Waals surface area contributed by atoms with Crippen molar-refractivity contribution < 1.29 is 4.79 Å². The van der Waals surface area contributed by atoms with Gasteiger partial charge in [0.1, 0.15) is 0 Å². The van der Waals surface area contributed by atoms with Gasteiger partial charge in [-0.15, -0.1) is 12.4 Å². The van der Waals surface area contributed by atoms with E-state index in [1.165, 1.54) is 0 Å². The molecule has 0 bridgehead atoms. The van der Waals surface area contributed by atoms with Crippen LogP contribution in [-0.2, 0) is 11.2 Å². The number of hydrogen-bond donors (Lipinski definition) is 2. The Balaban J connectivity index is 0.00000242. The molecule has 6 heteroatoms. The second-order valence-electron chi connectivity index (χ2n) is 6.34. The Kier molecular flexibility index (Phi) is 7.47. The zero-order valence-corrected chi connectivity index (χ0v) is 15.2. The monoisotopic (exact) mass is 364 g/mol. The lowest BCUT2D eigenvalue weighted by Crippen LogP contribution is -2.46. The molecule has 124 valence electrons. The van der Waals surface area contributed by atoms with Crippen LogP contribution in [0.2, 0.25) is 10.0 Å². The molecule has 1 heterocycles. The number of benzene rings is 1. The summed E-state index contributed by atoms with van der Waals surface area (Å²) in [6.07, 6.45) is 3.45. The predicted molar refractivity (Wildman–Crippen MR) is 95.3 cm³/mol. The van der Waals surface area contributed by atoms with Crippen LogP contribution >= 0.6 is 35.6 Å². The number of carbonyl (C=O) groups is 1. The lowest BCUT2D eigenvalue weighted by Gasteiger charge is -2.27. The van der Waals surface area contributed by atoms with Gasteiger partial charge < -0.3 is 10.6 Å². The molecule has 1 atom stereocenters. The van der Waals surface area contributed by atoms with Crippen LogP contribution in [0.15, 0.2) is 18.2 Å². The Bertz CT molecular complexity index is 514. The quantitative estimate of drug-likeness (QED) is 0.828. The molecule has 0 spiro atoms. The highest BCUT2D eigenvalue weighted by atomic mass is 35.5. The van der Waals surface area contributed by atoms with E-state index in [0.29, 0.717) is 28.9 Å². The van der Waals surface area contributed by atoms with Gasteiger partial charge in [-0.05, 0) is 57.4 Å². The van der Waals surface area contributed by atoms with Crippen LogP contribution in [0.1, 0.15) is 38.7 Å². The van der Waals surface area contributed by atoms with Gasteiger partial charge in [0, 0.05) is 28.0 Å². The fourth-order valence-corrected chi connectivity index (χ4v) is 3.24. The van der Waals surface area contributed by atoms with Gasteiger partial charge >= 0.3 is 0 Å². The molecule has 0 aromatic heterocycles. The average Bonchev–Trinajstić information content (AvgIpc) is 2.84. The third-order valence-corrected chi connectivity index (χ3v) is 4.31. The normalized spacial score (nSPS) is 17.9. The van der Waals surface area contributed by atoms with E-state index in [2.05, 4.69) is 10.6 Å². The minimum Gasteiger partial charge on any atom is -0.351 e. The van der Waals surface area contributed by atoms with Gasteiger partial charge in [0.05, 0.1) is 0 Å². The number of halogens is 3. The minimum absolute atomic E-state index is 0. The summed E-state index contributed by atoms with van der Waals surface area (Å²) in [6.45, 7) is 5.04. The molecule has 1 unspecified atom stereocenters. The largest absolute Gasteiger partial charge is 0.351 e. The van der Waals surface area contributed by atoms with Crippen LogP contribution in [0.25, 0.3) is 0 Å². The van der Waals surface area contributed by atoms with Crippen molar-refractivity contribution in [3.8, 4) is 0 Å². The number of rotatable bonds is 5. The van der Waals surface area contributed by atoms with E-state index >= 15 is 0 Å². The Morgan fingerprint density at radius 1 is 1.41 bits per heavy atom. The van der Waals surface area contributed by atoms with E-state index in [1.807, 2.05) is 26.0 Å². The van der Waals surface area contributed by atoms with E-state index in [1.54, 1.807) is 6.07 Å². The number of hydrogen-bond acceptors (Lipinski definition) is 2. The Labute approximate surface area is 148 Å². The Morgan fingerprint density at radius 2 is 2.14 bits per heavy atom. The average molecular weight is 366 g/mol. The highest BCUT2D eigenvalue weighted by molar-refractivity contribution is 6.35. The van der Waals surface area contributed by atoms with Crippen LogP contribution < -0.4 is 10.6 Å². The second-order valence-corrected chi connectivity index (χ2v) is 7.19. The third-order valence-electron chi connectivity index (χ3n) is 3.72. The fourth-order valence-electron chi connectivity index (χ4n) is 2.77. The van der Waals surface area contributed by atoms with Crippen molar-refractivity contribution in [2.45, 2.75) is 51.1 Å². The van der Waals surface area contributed by atoms with Gasteiger partial charge in [-0.25, -0.2) is 0 Å². The predicted octanol–water partition coefficient (Wildman–Crippen LogP) is 3.99. The zero-order valence-electron chi connectivity index (χ0n) is 12.9. The molecule has 0 aliphatic carbocycles. The molecule has 1 aliphatic rings. The van der Waals surface area contributed by atoms with E-state index in [-0.39, 0.29) is 23.9 Å². The van der Waals surface area contributed by atoms with Gasteiger partial charge in [-0.3, -0.25) is 4.79 Å². The summed E-state index contributed by atoms with van der Waals surface area (Å²) in [4.78, 5) is 12.1. The van der Waals surface area contributed by atoms with Gasteiger partial charge in [0.25, 0.3) is 0 Å². The summed E-state index contributed by atoms with van der Waals surface area (Å²) >= 11 is 12.1. The van der Waals surface area contributed by atoms with E-state index in [4.69, 9.17) is 23.2 Å². The number of carbonyl (C=O) groups excluding carboxylic acids is 1. The van der Waals surface area contributed by atoms with Crippen molar-refractivity contribution in [1.29, 1.82) is 0 Å². The van der Waals surface area contributed by atoms with Crippen molar-refractivity contribution in [1.82, 2.24) is 10.6 Å². The van der Waals surface area contributed by atoms with Crippen LogP contribution in [0.4, 0.5) is 0 Å². The molecule has 2 rings (SSSR count). The first-order valence-corrected chi connectivity index (χ1v) is 8.10. The molecule has 2 N–H and O–H groups in total.